The van der Waals surface area contributed by atoms with Crippen molar-refractivity contribution in [3.63, 3.8) is 0 Å². The van der Waals surface area contributed by atoms with Gasteiger partial charge in [-0.15, -0.1) is 0 Å². The Morgan fingerprint density at radius 1 is 1.25 bits per heavy atom. The second kappa shape index (κ2) is 13.2. The summed E-state index contributed by atoms with van der Waals surface area (Å²) in [5, 5.41) is 0. The van der Waals surface area contributed by atoms with Crippen LogP contribution >= 0.6 is 39.9 Å². The fourth-order valence-electron chi connectivity index (χ4n) is 2.81. The number of hydrogen-bond donors (Lipinski definition) is 0. The standard InChI is InChI=1S/C23H30BrNO5S2/c1-5-10-29-20(26)7-9-25-22(27)19(32-23(25)31)14-16-12-17(24)21(18(13-16)28-6-2)30-11-8-15(3)4/h12-15H,5-11H2,1-4H3/b19-14+. The molecule has 1 amide bonds. The molecule has 1 aliphatic heterocycles. The van der Waals surface area contributed by atoms with E-state index in [-0.39, 0.29) is 24.8 Å². The van der Waals surface area contributed by atoms with Crippen molar-refractivity contribution in [2.24, 2.45) is 5.92 Å². The Morgan fingerprint density at radius 2 is 2.00 bits per heavy atom. The first kappa shape index (κ1) is 26.7. The van der Waals surface area contributed by atoms with E-state index < -0.39 is 0 Å². The van der Waals surface area contributed by atoms with Gasteiger partial charge in [0.1, 0.15) is 4.32 Å². The van der Waals surface area contributed by atoms with Gasteiger partial charge in [-0.3, -0.25) is 14.5 Å². The minimum absolute atomic E-state index is 0.113. The van der Waals surface area contributed by atoms with Crippen molar-refractivity contribution < 1.29 is 23.8 Å². The number of nitrogens with zero attached hydrogens (tertiary/aromatic N) is 1. The SMILES string of the molecule is CCCOC(=O)CCN1C(=O)/C(=C\c2cc(Br)c(OCCC(C)C)c(OCC)c2)SC1=S. The summed E-state index contributed by atoms with van der Waals surface area (Å²) in [6.45, 7) is 9.81. The Balaban J connectivity index is 2.15. The van der Waals surface area contributed by atoms with Gasteiger partial charge in [0.05, 0.1) is 35.6 Å². The molecule has 0 saturated carbocycles. The molecule has 32 heavy (non-hydrogen) atoms. The van der Waals surface area contributed by atoms with Crippen LogP contribution in [-0.2, 0) is 14.3 Å². The number of carbonyl (C=O) groups is 2. The number of benzene rings is 1. The predicted octanol–water partition coefficient (Wildman–Crippen LogP) is 5.82. The van der Waals surface area contributed by atoms with Crippen molar-refractivity contribution in [2.75, 3.05) is 26.4 Å². The van der Waals surface area contributed by atoms with E-state index in [1.54, 1.807) is 6.08 Å². The third kappa shape index (κ3) is 7.78. The number of amides is 1. The van der Waals surface area contributed by atoms with Crippen LogP contribution < -0.4 is 9.47 Å². The van der Waals surface area contributed by atoms with Crippen molar-refractivity contribution in [2.45, 2.75) is 47.0 Å². The summed E-state index contributed by atoms with van der Waals surface area (Å²) in [6, 6.07) is 3.75. The van der Waals surface area contributed by atoms with Crippen LogP contribution in [0.3, 0.4) is 0 Å². The lowest BCUT2D eigenvalue weighted by Gasteiger charge is -2.15. The molecule has 1 saturated heterocycles. The summed E-state index contributed by atoms with van der Waals surface area (Å²) in [4.78, 5) is 26.6. The number of esters is 1. The highest BCUT2D eigenvalue weighted by atomic mass is 79.9. The zero-order valence-electron chi connectivity index (χ0n) is 18.9. The fourth-order valence-corrected chi connectivity index (χ4v) is 4.69. The molecule has 1 aromatic rings. The van der Waals surface area contributed by atoms with Crippen molar-refractivity contribution >= 4 is 62.2 Å². The summed E-state index contributed by atoms with van der Waals surface area (Å²) in [5.41, 5.74) is 0.791. The summed E-state index contributed by atoms with van der Waals surface area (Å²) in [6.07, 6.45) is 3.59. The van der Waals surface area contributed by atoms with Crippen LogP contribution in [0.1, 0.15) is 52.5 Å². The van der Waals surface area contributed by atoms with Crippen molar-refractivity contribution in [3.05, 3.63) is 27.1 Å². The van der Waals surface area contributed by atoms with Gasteiger partial charge in [0.2, 0.25) is 0 Å². The third-order valence-electron chi connectivity index (χ3n) is 4.45. The predicted molar refractivity (Wildman–Crippen MR) is 136 cm³/mol. The lowest BCUT2D eigenvalue weighted by atomic mass is 10.1. The maximum atomic E-state index is 12.8. The molecule has 1 heterocycles. The van der Waals surface area contributed by atoms with Crippen molar-refractivity contribution in [1.82, 2.24) is 4.90 Å². The number of thioether (sulfide) groups is 1. The number of hydrogen-bond acceptors (Lipinski definition) is 7. The fraction of sp³-hybridized carbons (Fsp3) is 0.522. The Kier molecular flexibility index (Phi) is 11.0. The molecular formula is C23H30BrNO5S2. The summed E-state index contributed by atoms with van der Waals surface area (Å²) >= 11 is 10.1. The molecule has 1 aromatic carbocycles. The normalized spacial score (nSPS) is 15.1. The highest BCUT2D eigenvalue weighted by molar-refractivity contribution is 9.10. The van der Waals surface area contributed by atoms with E-state index in [4.69, 9.17) is 26.4 Å². The molecule has 0 unspecified atom stereocenters. The number of carbonyl (C=O) groups excluding carboxylic acids is 2. The van der Waals surface area contributed by atoms with E-state index in [1.165, 1.54) is 16.7 Å². The Bertz CT molecular complexity index is 872. The van der Waals surface area contributed by atoms with E-state index in [0.29, 0.717) is 46.5 Å². The van der Waals surface area contributed by atoms with Gasteiger partial charge in [-0.05, 0) is 65.4 Å². The maximum Gasteiger partial charge on any atom is 0.307 e. The molecule has 0 aromatic heterocycles. The molecule has 0 N–H and O–H groups in total. The summed E-state index contributed by atoms with van der Waals surface area (Å²) in [7, 11) is 0. The largest absolute Gasteiger partial charge is 0.490 e. The first-order valence-corrected chi connectivity index (χ1v) is 12.8. The molecule has 0 radical (unpaired) electrons. The van der Waals surface area contributed by atoms with Crippen LogP contribution in [0.5, 0.6) is 11.5 Å². The first-order valence-electron chi connectivity index (χ1n) is 10.8. The molecule has 6 nitrogen and oxygen atoms in total. The Morgan fingerprint density at radius 3 is 2.66 bits per heavy atom. The van der Waals surface area contributed by atoms with Gasteiger partial charge in [-0.2, -0.15) is 0 Å². The van der Waals surface area contributed by atoms with Crippen molar-refractivity contribution in [1.29, 1.82) is 0 Å². The zero-order valence-corrected chi connectivity index (χ0v) is 22.2. The molecule has 0 bridgehead atoms. The number of ether oxygens (including phenoxy) is 3. The van der Waals surface area contributed by atoms with Gasteiger partial charge in [0.25, 0.3) is 5.91 Å². The average Bonchev–Trinajstić information content (AvgIpc) is 2.99. The molecule has 1 aliphatic rings. The second-order valence-electron chi connectivity index (χ2n) is 7.60. The lowest BCUT2D eigenvalue weighted by Crippen LogP contribution is -2.30. The number of thiocarbonyl (C=S) groups is 1. The van der Waals surface area contributed by atoms with E-state index in [2.05, 4.69) is 29.8 Å². The molecule has 1 fully saturated rings. The lowest BCUT2D eigenvalue weighted by molar-refractivity contribution is -0.143. The molecular weight excluding hydrogens is 514 g/mol. The quantitative estimate of drug-likeness (QED) is 0.187. The van der Waals surface area contributed by atoms with Gasteiger partial charge in [-0.25, -0.2) is 0 Å². The van der Waals surface area contributed by atoms with Crippen LogP contribution in [0, 0.1) is 5.92 Å². The van der Waals surface area contributed by atoms with Gasteiger partial charge < -0.3 is 14.2 Å². The van der Waals surface area contributed by atoms with Crippen LogP contribution in [0.2, 0.25) is 0 Å². The minimum Gasteiger partial charge on any atom is -0.490 e. The van der Waals surface area contributed by atoms with E-state index in [0.717, 1.165) is 22.9 Å². The summed E-state index contributed by atoms with van der Waals surface area (Å²) in [5.74, 6) is 1.27. The van der Waals surface area contributed by atoms with E-state index >= 15 is 0 Å². The third-order valence-corrected chi connectivity index (χ3v) is 6.42. The van der Waals surface area contributed by atoms with E-state index in [9.17, 15) is 9.59 Å². The topological polar surface area (TPSA) is 65.1 Å². The van der Waals surface area contributed by atoms with Crippen LogP contribution in [0.15, 0.2) is 21.5 Å². The molecule has 0 atom stereocenters. The van der Waals surface area contributed by atoms with Gasteiger partial charge in [-0.1, -0.05) is 44.8 Å². The van der Waals surface area contributed by atoms with Gasteiger partial charge >= 0.3 is 5.97 Å². The minimum atomic E-state index is -0.330. The van der Waals surface area contributed by atoms with Crippen LogP contribution in [0.4, 0.5) is 0 Å². The highest BCUT2D eigenvalue weighted by Crippen LogP contribution is 2.39. The zero-order chi connectivity index (χ0) is 23.7. The number of halogens is 1. The monoisotopic (exact) mass is 543 g/mol. The molecule has 176 valence electrons. The van der Waals surface area contributed by atoms with Gasteiger partial charge in [0.15, 0.2) is 11.5 Å². The molecule has 9 heteroatoms. The molecule has 0 aliphatic carbocycles. The Labute approximate surface area is 208 Å². The van der Waals surface area contributed by atoms with Crippen LogP contribution in [0.25, 0.3) is 6.08 Å². The van der Waals surface area contributed by atoms with Crippen LogP contribution in [-0.4, -0.2) is 47.5 Å². The smallest absolute Gasteiger partial charge is 0.307 e. The Hall–Kier alpha value is -1.58. The maximum absolute atomic E-state index is 12.8. The first-order chi connectivity index (χ1) is 15.3. The summed E-state index contributed by atoms with van der Waals surface area (Å²) < 4.78 is 18.0. The van der Waals surface area contributed by atoms with Gasteiger partial charge in [0, 0.05) is 6.54 Å². The molecule has 0 spiro atoms. The van der Waals surface area contributed by atoms with Crippen molar-refractivity contribution in [3.8, 4) is 11.5 Å². The highest BCUT2D eigenvalue weighted by Gasteiger charge is 2.32. The second-order valence-corrected chi connectivity index (χ2v) is 10.1. The number of rotatable bonds is 12. The molecule has 2 rings (SSSR count). The van der Waals surface area contributed by atoms with E-state index in [1.807, 2.05) is 26.0 Å². The average molecular weight is 545 g/mol.